The molecule has 3 aromatic rings. The molecular weight excluding hydrogens is 544 g/mol. The van der Waals surface area contributed by atoms with Crippen LogP contribution in [0.1, 0.15) is 45.0 Å². The van der Waals surface area contributed by atoms with E-state index in [-0.39, 0.29) is 30.3 Å². The first-order valence-electron chi connectivity index (χ1n) is 14.1. The van der Waals surface area contributed by atoms with Gasteiger partial charge in [-0.1, -0.05) is 51.2 Å². The minimum atomic E-state index is -1.23. The SMILES string of the molecule is COC(=O)C[C@H](C(=O)N1CCC[C@H]1c1nc(-c2ccc3nc(Cl)ccc3c2)cn1COCC[Si](C)(C)C)C(C)C. The zero-order valence-electron chi connectivity index (χ0n) is 24.4. The molecule has 0 radical (unpaired) electrons. The lowest BCUT2D eigenvalue weighted by atomic mass is 9.90. The molecule has 1 aromatic carbocycles. The summed E-state index contributed by atoms with van der Waals surface area (Å²) in [7, 11) is 0.128. The van der Waals surface area contributed by atoms with Gasteiger partial charge >= 0.3 is 5.97 Å². The van der Waals surface area contributed by atoms with Gasteiger partial charge in [0, 0.05) is 38.4 Å². The molecule has 40 heavy (non-hydrogen) atoms. The fraction of sp³-hybridized carbons (Fsp3) is 0.533. The first kappa shape index (κ1) is 30.2. The van der Waals surface area contributed by atoms with Crippen molar-refractivity contribution in [2.45, 2.75) is 71.6 Å². The summed E-state index contributed by atoms with van der Waals surface area (Å²) >= 11 is 6.08. The summed E-state index contributed by atoms with van der Waals surface area (Å²) in [6, 6.07) is 10.6. The van der Waals surface area contributed by atoms with Gasteiger partial charge in [-0.15, -0.1) is 0 Å². The van der Waals surface area contributed by atoms with Crippen LogP contribution >= 0.6 is 11.6 Å². The van der Waals surface area contributed by atoms with Gasteiger partial charge in [0.2, 0.25) is 5.91 Å². The van der Waals surface area contributed by atoms with Gasteiger partial charge in [-0.3, -0.25) is 9.59 Å². The summed E-state index contributed by atoms with van der Waals surface area (Å²) in [5.74, 6) is -0.0120. The maximum absolute atomic E-state index is 13.8. The van der Waals surface area contributed by atoms with Crippen LogP contribution in [0.2, 0.25) is 30.8 Å². The quantitative estimate of drug-likeness (QED) is 0.110. The minimum Gasteiger partial charge on any atom is -0.469 e. The van der Waals surface area contributed by atoms with Crippen molar-refractivity contribution in [3.05, 3.63) is 47.5 Å². The molecule has 1 amide bonds. The molecule has 0 bridgehead atoms. The van der Waals surface area contributed by atoms with Crippen molar-refractivity contribution >= 4 is 42.5 Å². The van der Waals surface area contributed by atoms with Crippen molar-refractivity contribution in [1.29, 1.82) is 0 Å². The minimum absolute atomic E-state index is 0.00719. The molecular formula is C30H41ClN4O4Si. The van der Waals surface area contributed by atoms with Gasteiger partial charge in [-0.2, -0.15) is 0 Å². The number of likely N-dealkylation sites (tertiary alicyclic amines) is 1. The number of imidazole rings is 1. The number of rotatable bonds is 11. The third-order valence-corrected chi connectivity index (χ3v) is 9.47. The second kappa shape index (κ2) is 12.8. The van der Waals surface area contributed by atoms with E-state index >= 15 is 0 Å². The van der Waals surface area contributed by atoms with E-state index in [4.69, 9.17) is 26.1 Å². The number of hydrogen-bond acceptors (Lipinski definition) is 6. The Morgan fingerprint density at radius 3 is 2.62 bits per heavy atom. The average molecular weight is 585 g/mol. The van der Waals surface area contributed by atoms with Crippen molar-refractivity contribution in [1.82, 2.24) is 19.4 Å². The van der Waals surface area contributed by atoms with Gasteiger partial charge in [-0.25, -0.2) is 9.97 Å². The Hall–Kier alpha value is -2.75. The van der Waals surface area contributed by atoms with Gasteiger partial charge in [-0.05, 0) is 49.1 Å². The number of fused-ring (bicyclic) bond motifs is 1. The maximum atomic E-state index is 13.8. The summed E-state index contributed by atoms with van der Waals surface area (Å²) in [5, 5.41) is 1.44. The van der Waals surface area contributed by atoms with E-state index in [2.05, 4.69) is 30.7 Å². The summed E-state index contributed by atoms with van der Waals surface area (Å²) in [6.45, 7) is 12.6. The predicted molar refractivity (Wildman–Crippen MR) is 161 cm³/mol. The molecule has 0 spiro atoms. The fourth-order valence-corrected chi connectivity index (χ4v) is 6.03. The van der Waals surface area contributed by atoms with E-state index in [9.17, 15) is 9.59 Å². The molecule has 3 heterocycles. The second-order valence-corrected chi connectivity index (χ2v) is 18.2. The molecule has 2 aromatic heterocycles. The van der Waals surface area contributed by atoms with Crippen LogP contribution in [0, 0.1) is 11.8 Å². The van der Waals surface area contributed by atoms with Crippen molar-refractivity contribution in [2.24, 2.45) is 11.8 Å². The normalized spacial score (nSPS) is 16.6. The molecule has 8 nitrogen and oxygen atoms in total. The Morgan fingerprint density at radius 2 is 1.93 bits per heavy atom. The van der Waals surface area contributed by atoms with Crippen LogP contribution in [0.3, 0.4) is 0 Å². The summed E-state index contributed by atoms with van der Waals surface area (Å²) in [6.07, 6.45) is 3.77. The highest BCUT2D eigenvalue weighted by Gasteiger charge is 2.38. The van der Waals surface area contributed by atoms with Crippen molar-refractivity contribution in [2.75, 3.05) is 20.3 Å². The molecule has 1 fully saturated rings. The fourth-order valence-electron chi connectivity index (χ4n) is 5.12. The number of halogens is 1. The number of amides is 1. The van der Waals surface area contributed by atoms with Crippen molar-refractivity contribution in [3.63, 3.8) is 0 Å². The van der Waals surface area contributed by atoms with Gasteiger partial charge in [0.05, 0.1) is 36.7 Å². The average Bonchev–Trinajstić information content (AvgIpc) is 3.55. The summed E-state index contributed by atoms with van der Waals surface area (Å²) < 4.78 is 13.1. The number of nitrogens with zero attached hydrogens (tertiary/aromatic N) is 4. The van der Waals surface area contributed by atoms with E-state index in [0.29, 0.717) is 25.0 Å². The topological polar surface area (TPSA) is 86.6 Å². The van der Waals surface area contributed by atoms with Crippen LogP contribution in [0.15, 0.2) is 36.5 Å². The lowest BCUT2D eigenvalue weighted by molar-refractivity contribution is -0.148. The summed E-state index contributed by atoms with van der Waals surface area (Å²) in [5.41, 5.74) is 2.60. The lowest BCUT2D eigenvalue weighted by Gasteiger charge is -2.30. The molecule has 0 aliphatic carbocycles. The zero-order chi connectivity index (χ0) is 29.0. The zero-order valence-corrected chi connectivity index (χ0v) is 26.2. The Bertz CT molecular complexity index is 1350. The molecule has 2 atom stereocenters. The number of ether oxygens (including phenoxy) is 2. The van der Waals surface area contributed by atoms with Gasteiger partial charge in [0.25, 0.3) is 0 Å². The van der Waals surface area contributed by atoms with Crippen molar-refractivity contribution < 1.29 is 19.1 Å². The number of aromatic nitrogens is 3. The number of methoxy groups -OCH3 is 1. The number of esters is 1. The predicted octanol–water partition coefficient (Wildman–Crippen LogP) is 6.56. The molecule has 0 unspecified atom stereocenters. The van der Waals surface area contributed by atoms with E-state index < -0.39 is 14.0 Å². The smallest absolute Gasteiger partial charge is 0.306 e. The molecule has 10 heteroatoms. The van der Waals surface area contributed by atoms with Gasteiger partial charge in [0.1, 0.15) is 17.7 Å². The largest absolute Gasteiger partial charge is 0.469 e. The van der Waals surface area contributed by atoms with Gasteiger partial charge in [0.15, 0.2) is 0 Å². The molecule has 0 N–H and O–H groups in total. The van der Waals surface area contributed by atoms with Crippen LogP contribution < -0.4 is 0 Å². The third-order valence-electron chi connectivity index (χ3n) is 7.56. The Kier molecular flexibility index (Phi) is 9.69. The van der Waals surface area contributed by atoms with Crippen LogP contribution in [0.4, 0.5) is 0 Å². The number of pyridine rings is 1. The van der Waals surface area contributed by atoms with E-state index in [0.717, 1.165) is 46.9 Å². The molecule has 1 saturated heterocycles. The Balaban J connectivity index is 1.66. The van der Waals surface area contributed by atoms with Crippen molar-refractivity contribution in [3.8, 4) is 11.3 Å². The van der Waals surface area contributed by atoms with Crippen LogP contribution in [-0.2, 0) is 25.8 Å². The third kappa shape index (κ3) is 7.30. The van der Waals surface area contributed by atoms with Crippen LogP contribution in [0.5, 0.6) is 0 Å². The molecule has 0 saturated carbocycles. The van der Waals surface area contributed by atoms with E-state index in [1.165, 1.54) is 7.11 Å². The molecule has 4 rings (SSSR count). The van der Waals surface area contributed by atoms with E-state index in [1.54, 1.807) is 6.07 Å². The lowest BCUT2D eigenvalue weighted by Crippen LogP contribution is -2.39. The Morgan fingerprint density at radius 1 is 1.15 bits per heavy atom. The standard InChI is InChI=1S/C30H41ClN4O4Si/c1-20(2)23(17-28(36)38-3)30(37)35-13-7-8-26(35)29-33-25(18-34(29)19-39-14-15-40(4,5)6)22-9-11-24-21(16-22)10-12-27(31)32-24/h9-12,16,18,20,23,26H,7-8,13-15,17,19H2,1-6H3/t23-,26-/m0/s1. The highest BCUT2D eigenvalue weighted by molar-refractivity contribution is 6.76. The number of hydrogen-bond donors (Lipinski definition) is 0. The second-order valence-electron chi connectivity index (χ2n) is 12.2. The van der Waals surface area contributed by atoms with E-state index in [1.807, 2.05) is 47.7 Å². The highest BCUT2D eigenvalue weighted by atomic mass is 35.5. The monoisotopic (exact) mass is 584 g/mol. The first-order valence-corrected chi connectivity index (χ1v) is 18.1. The van der Waals surface area contributed by atoms with Crippen LogP contribution in [-0.4, -0.2) is 59.6 Å². The van der Waals surface area contributed by atoms with Crippen LogP contribution in [0.25, 0.3) is 22.2 Å². The number of carbonyl (C=O) groups is 2. The number of carbonyl (C=O) groups excluding carboxylic acids is 2. The molecule has 216 valence electrons. The maximum Gasteiger partial charge on any atom is 0.306 e. The first-order chi connectivity index (χ1) is 19.0. The molecule has 1 aliphatic rings. The molecule has 1 aliphatic heterocycles. The Labute approximate surface area is 243 Å². The van der Waals surface area contributed by atoms with Gasteiger partial charge < -0.3 is 18.9 Å². The highest BCUT2D eigenvalue weighted by Crippen LogP contribution is 2.36. The summed E-state index contributed by atoms with van der Waals surface area (Å²) in [4.78, 5) is 37.3. The number of benzene rings is 1.